The molecule has 0 aliphatic carbocycles. The zero-order valence-corrected chi connectivity index (χ0v) is 20.3. The van der Waals surface area contributed by atoms with Crippen LogP contribution >= 0.6 is 11.3 Å². The van der Waals surface area contributed by atoms with E-state index in [2.05, 4.69) is 46.1 Å². The van der Waals surface area contributed by atoms with E-state index in [0.717, 1.165) is 38.2 Å². The van der Waals surface area contributed by atoms with Crippen LogP contribution in [0.15, 0.2) is 43.0 Å². The van der Waals surface area contributed by atoms with E-state index in [4.69, 9.17) is 4.98 Å². The van der Waals surface area contributed by atoms with Crippen LogP contribution in [-0.4, -0.2) is 35.5 Å². The minimum atomic E-state index is -0.0477. The lowest BCUT2D eigenvalue weighted by molar-refractivity contribution is 0.0986. The third-order valence-corrected chi connectivity index (χ3v) is 6.58. The topological polar surface area (TPSA) is 98.5 Å². The molecule has 0 atom stereocenters. The van der Waals surface area contributed by atoms with Gasteiger partial charge >= 0.3 is 0 Å². The second-order valence-corrected chi connectivity index (χ2v) is 9.97. The van der Waals surface area contributed by atoms with Crippen molar-refractivity contribution in [3.05, 3.63) is 64.1 Å². The lowest BCUT2D eigenvalue weighted by Gasteiger charge is -2.13. The summed E-state index contributed by atoms with van der Waals surface area (Å²) in [6.45, 7) is 8.27. The Hall–Kier alpha value is -3.46. The van der Waals surface area contributed by atoms with E-state index in [1.54, 1.807) is 23.3 Å². The van der Waals surface area contributed by atoms with Crippen molar-refractivity contribution in [2.45, 2.75) is 46.0 Å². The molecular formula is C24H27N7OS. The first kappa shape index (κ1) is 22.7. The zero-order valence-electron chi connectivity index (χ0n) is 19.5. The lowest BCUT2D eigenvalue weighted by Crippen LogP contribution is -2.09. The van der Waals surface area contributed by atoms with Crippen molar-refractivity contribution in [1.29, 1.82) is 0 Å². The highest BCUT2D eigenvalue weighted by Crippen LogP contribution is 2.28. The smallest absolute Gasteiger partial charge is 0.227 e. The molecule has 0 aromatic carbocycles. The molecule has 0 fully saturated rings. The first-order chi connectivity index (χ1) is 15.7. The van der Waals surface area contributed by atoms with E-state index in [-0.39, 0.29) is 11.2 Å². The van der Waals surface area contributed by atoms with Crippen LogP contribution < -0.4 is 5.32 Å². The van der Waals surface area contributed by atoms with E-state index < -0.39 is 0 Å². The highest BCUT2D eigenvalue weighted by Gasteiger charge is 2.20. The Labute approximate surface area is 197 Å². The number of anilines is 2. The molecule has 170 valence electrons. The molecule has 4 heterocycles. The minimum absolute atomic E-state index is 0.0477. The van der Waals surface area contributed by atoms with Crippen LogP contribution in [0.2, 0.25) is 0 Å². The van der Waals surface area contributed by atoms with E-state index >= 15 is 0 Å². The minimum Gasteiger partial charge on any atom is -0.321 e. The third kappa shape index (κ3) is 5.48. The van der Waals surface area contributed by atoms with E-state index in [1.165, 1.54) is 11.3 Å². The molecule has 0 aliphatic rings. The maximum atomic E-state index is 12.7. The first-order valence-electron chi connectivity index (χ1n) is 10.7. The molecule has 1 N–H and O–H groups in total. The highest BCUT2D eigenvalue weighted by molar-refractivity contribution is 7.13. The number of carbonyl (C=O) groups is 1. The van der Waals surface area contributed by atoms with Gasteiger partial charge in [-0.15, -0.1) is 11.3 Å². The van der Waals surface area contributed by atoms with Crippen LogP contribution in [0.5, 0.6) is 0 Å². The molecule has 0 radical (unpaired) electrons. The number of hydrogen-bond acceptors (Lipinski definition) is 8. The SMILES string of the molecule is Cc1nc(-c2ccnc(Nc3cnn(C)c3)n2)ccc1CCC(=O)c1cnc(C(C)(C)C)s1. The van der Waals surface area contributed by atoms with Crippen LogP contribution in [0.1, 0.15) is 53.1 Å². The van der Waals surface area contributed by atoms with Gasteiger partial charge in [0.05, 0.1) is 33.2 Å². The molecule has 9 heteroatoms. The molecule has 0 amide bonds. The van der Waals surface area contributed by atoms with Crippen molar-refractivity contribution in [3.63, 3.8) is 0 Å². The van der Waals surface area contributed by atoms with Crippen molar-refractivity contribution in [2.75, 3.05) is 5.32 Å². The van der Waals surface area contributed by atoms with Gasteiger partial charge in [0.1, 0.15) is 0 Å². The molecule has 8 nitrogen and oxygen atoms in total. The van der Waals surface area contributed by atoms with Crippen LogP contribution in [-0.2, 0) is 18.9 Å². The quantitative estimate of drug-likeness (QED) is 0.391. The van der Waals surface area contributed by atoms with Gasteiger partial charge in [-0.1, -0.05) is 26.8 Å². The van der Waals surface area contributed by atoms with Gasteiger partial charge in [-0.2, -0.15) is 5.10 Å². The average molecular weight is 462 g/mol. The normalized spacial score (nSPS) is 11.5. The van der Waals surface area contributed by atoms with Gasteiger partial charge in [0.2, 0.25) is 5.95 Å². The summed E-state index contributed by atoms with van der Waals surface area (Å²) in [5.74, 6) is 0.599. The molecule has 0 aliphatic heterocycles. The Morgan fingerprint density at radius 1 is 1.09 bits per heavy atom. The van der Waals surface area contributed by atoms with E-state index in [0.29, 0.717) is 18.8 Å². The van der Waals surface area contributed by atoms with Crippen LogP contribution in [0, 0.1) is 6.92 Å². The molecule has 0 bridgehead atoms. The van der Waals surface area contributed by atoms with Gasteiger partial charge in [0.25, 0.3) is 0 Å². The molecule has 4 aromatic heterocycles. The summed E-state index contributed by atoms with van der Waals surface area (Å²) in [7, 11) is 1.85. The molecule has 4 rings (SSSR count). The lowest BCUT2D eigenvalue weighted by atomic mass is 9.98. The fourth-order valence-electron chi connectivity index (χ4n) is 3.29. The maximum Gasteiger partial charge on any atom is 0.227 e. The van der Waals surface area contributed by atoms with Crippen LogP contribution in [0.25, 0.3) is 11.4 Å². The summed E-state index contributed by atoms with van der Waals surface area (Å²) in [6, 6.07) is 5.79. The second kappa shape index (κ2) is 9.19. The number of carbonyl (C=O) groups excluding carboxylic acids is 1. The number of nitrogens with one attached hydrogen (secondary N) is 1. The van der Waals surface area contributed by atoms with Crippen molar-refractivity contribution in [3.8, 4) is 11.4 Å². The predicted octanol–water partition coefficient (Wildman–Crippen LogP) is 4.89. The molecule has 4 aromatic rings. The number of aromatic nitrogens is 6. The maximum absolute atomic E-state index is 12.7. The molecule has 0 saturated heterocycles. The van der Waals surface area contributed by atoms with Crippen molar-refractivity contribution in [1.82, 2.24) is 29.7 Å². The summed E-state index contributed by atoms with van der Waals surface area (Å²) < 4.78 is 1.71. The number of Topliss-reactive ketones (excluding diaryl/α,β-unsaturated/α-hetero) is 1. The summed E-state index contributed by atoms with van der Waals surface area (Å²) in [5.41, 5.74) is 4.19. The fourth-order valence-corrected chi connectivity index (χ4v) is 4.24. The number of nitrogens with zero attached hydrogens (tertiary/aromatic N) is 6. The Balaban J connectivity index is 1.43. The fraction of sp³-hybridized carbons (Fsp3) is 0.333. The summed E-state index contributed by atoms with van der Waals surface area (Å²) in [6.07, 6.45) is 8.04. The molecule has 0 saturated carbocycles. The van der Waals surface area contributed by atoms with Crippen LogP contribution in [0.4, 0.5) is 11.6 Å². The predicted molar refractivity (Wildman–Crippen MR) is 130 cm³/mol. The standard InChI is InChI=1S/C24H27N7OS/c1-15-16(7-9-20(32)21-13-26-22(33-21)24(2,3)4)6-8-18(28-15)19-10-11-25-23(30-19)29-17-12-27-31(5)14-17/h6,8,10-14H,7,9H2,1-5H3,(H,25,29,30). The van der Waals surface area contributed by atoms with Gasteiger partial charge in [-0.25, -0.2) is 15.0 Å². The van der Waals surface area contributed by atoms with Crippen LogP contribution in [0.3, 0.4) is 0 Å². The van der Waals surface area contributed by atoms with Crippen molar-refractivity contribution >= 4 is 28.8 Å². The largest absolute Gasteiger partial charge is 0.321 e. The Bertz CT molecular complexity index is 1290. The zero-order chi connectivity index (χ0) is 23.6. The third-order valence-electron chi connectivity index (χ3n) is 5.12. The molecule has 0 unspecified atom stereocenters. The van der Waals surface area contributed by atoms with E-state index in [1.807, 2.05) is 38.4 Å². The van der Waals surface area contributed by atoms with Gasteiger partial charge in [0, 0.05) is 43.2 Å². The average Bonchev–Trinajstić information content (AvgIpc) is 3.42. The number of rotatable bonds is 7. The first-order valence-corrected chi connectivity index (χ1v) is 11.6. The highest BCUT2D eigenvalue weighted by atomic mass is 32.1. The second-order valence-electron chi connectivity index (χ2n) is 8.94. The van der Waals surface area contributed by atoms with Gasteiger partial charge in [-0.3, -0.25) is 14.5 Å². The van der Waals surface area contributed by atoms with Crippen molar-refractivity contribution < 1.29 is 4.79 Å². The number of ketones is 1. The number of thiazole rings is 1. The van der Waals surface area contributed by atoms with Gasteiger partial charge in [0.15, 0.2) is 5.78 Å². The number of aryl methyl sites for hydroxylation is 3. The summed E-state index contributed by atoms with van der Waals surface area (Å²) in [4.78, 5) is 31.4. The van der Waals surface area contributed by atoms with Gasteiger partial charge < -0.3 is 5.32 Å². The van der Waals surface area contributed by atoms with E-state index in [9.17, 15) is 4.79 Å². The van der Waals surface area contributed by atoms with Gasteiger partial charge in [-0.05, 0) is 31.0 Å². The number of hydrogen-bond donors (Lipinski definition) is 1. The molecule has 0 spiro atoms. The molecular weight excluding hydrogens is 434 g/mol. The van der Waals surface area contributed by atoms with Crippen molar-refractivity contribution in [2.24, 2.45) is 7.05 Å². The number of pyridine rings is 1. The Kier molecular flexibility index (Phi) is 6.33. The Morgan fingerprint density at radius 2 is 1.88 bits per heavy atom. The summed E-state index contributed by atoms with van der Waals surface area (Å²) >= 11 is 1.49. The Morgan fingerprint density at radius 3 is 2.55 bits per heavy atom. The summed E-state index contributed by atoms with van der Waals surface area (Å²) in [5, 5.41) is 8.26. The monoisotopic (exact) mass is 461 g/mol. The molecule has 33 heavy (non-hydrogen) atoms.